The smallest absolute Gasteiger partial charge is 0.0998 e. The van der Waals surface area contributed by atoms with Gasteiger partial charge in [-0.15, -0.1) is 0 Å². The number of amidine groups is 1. The summed E-state index contributed by atoms with van der Waals surface area (Å²) < 4.78 is 0. The van der Waals surface area contributed by atoms with Crippen LogP contribution in [0.15, 0.2) is 41.1 Å². The van der Waals surface area contributed by atoms with Crippen molar-refractivity contribution in [2.45, 2.75) is 20.8 Å². The normalized spacial score (nSPS) is 17.8. The van der Waals surface area contributed by atoms with E-state index in [0.29, 0.717) is 0 Å². The van der Waals surface area contributed by atoms with E-state index in [0.717, 1.165) is 24.5 Å². The van der Waals surface area contributed by atoms with E-state index in [9.17, 15) is 0 Å². The first-order valence-electron chi connectivity index (χ1n) is 4.90. The van der Waals surface area contributed by atoms with Gasteiger partial charge in [-0.2, -0.15) is 0 Å². The summed E-state index contributed by atoms with van der Waals surface area (Å²) in [5.74, 6) is 1.10. The third kappa shape index (κ3) is 2.87. The van der Waals surface area contributed by atoms with Gasteiger partial charge in [0.1, 0.15) is 0 Å². The number of allylic oxidation sites excluding steroid dienone is 4. The van der Waals surface area contributed by atoms with Crippen molar-refractivity contribution in [3.8, 4) is 0 Å². The summed E-state index contributed by atoms with van der Waals surface area (Å²) in [7, 11) is 0. The van der Waals surface area contributed by atoms with E-state index in [1.807, 2.05) is 19.9 Å². The molecular formula is C12H18N2. The predicted octanol–water partition coefficient (Wildman–Crippen LogP) is 2.76. The van der Waals surface area contributed by atoms with E-state index in [1.54, 1.807) is 0 Å². The summed E-state index contributed by atoms with van der Waals surface area (Å²) in [6.07, 6.45) is 6.19. The molecular weight excluding hydrogens is 172 g/mol. The van der Waals surface area contributed by atoms with Crippen molar-refractivity contribution >= 4 is 5.84 Å². The van der Waals surface area contributed by atoms with Gasteiger partial charge in [0.15, 0.2) is 0 Å². The standard InChI is InChI=1S/C12H18N2/c1-10(2)11(3)6-5-8-14-9-7-13-12(14)4/h5-6,8H,1,7,9H2,2-4H3/b8-5-,11-6+. The molecule has 0 aromatic heterocycles. The molecule has 2 heteroatoms. The second kappa shape index (κ2) is 4.80. The first-order chi connectivity index (χ1) is 6.61. The molecule has 0 fully saturated rings. The van der Waals surface area contributed by atoms with Crippen LogP contribution in [-0.4, -0.2) is 23.8 Å². The molecule has 0 saturated carbocycles. The zero-order valence-corrected chi connectivity index (χ0v) is 9.25. The molecule has 1 aliphatic heterocycles. The molecule has 0 amide bonds. The van der Waals surface area contributed by atoms with Crippen molar-refractivity contribution in [3.05, 3.63) is 36.1 Å². The van der Waals surface area contributed by atoms with Crippen LogP contribution in [0.4, 0.5) is 0 Å². The highest BCUT2D eigenvalue weighted by molar-refractivity contribution is 5.82. The van der Waals surface area contributed by atoms with Crippen molar-refractivity contribution in [2.24, 2.45) is 4.99 Å². The molecule has 1 rings (SSSR count). The molecule has 0 bridgehead atoms. The molecule has 14 heavy (non-hydrogen) atoms. The lowest BCUT2D eigenvalue weighted by atomic mass is 10.1. The van der Waals surface area contributed by atoms with Crippen molar-refractivity contribution in [2.75, 3.05) is 13.1 Å². The minimum atomic E-state index is 0.916. The molecule has 0 spiro atoms. The quantitative estimate of drug-likeness (QED) is 0.625. The summed E-state index contributed by atoms with van der Waals surface area (Å²) in [5, 5.41) is 0. The van der Waals surface area contributed by atoms with Crippen molar-refractivity contribution in [1.29, 1.82) is 0 Å². The van der Waals surface area contributed by atoms with E-state index in [1.165, 1.54) is 5.57 Å². The second-order valence-corrected chi connectivity index (χ2v) is 3.59. The third-order valence-electron chi connectivity index (χ3n) is 2.38. The number of hydrogen-bond acceptors (Lipinski definition) is 2. The Morgan fingerprint density at radius 1 is 1.50 bits per heavy atom. The van der Waals surface area contributed by atoms with Gasteiger partial charge in [-0.1, -0.05) is 18.2 Å². The number of rotatable bonds is 3. The maximum atomic E-state index is 4.30. The van der Waals surface area contributed by atoms with Gasteiger partial charge in [0.2, 0.25) is 0 Å². The van der Waals surface area contributed by atoms with Gasteiger partial charge in [-0.25, -0.2) is 0 Å². The number of aliphatic imine (C=N–C) groups is 1. The Labute approximate surface area is 86.3 Å². The lowest BCUT2D eigenvalue weighted by molar-refractivity contribution is 0.608. The molecule has 0 radical (unpaired) electrons. The van der Waals surface area contributed by atoms with Gasteiger partial charge in [-0.3, -0.25) is 4.99 Å². The fourth-order valence-electron chi connectivity index (χ4n) is 1.19. The average molecular weight is 190 g/mol. The van der Waals surface area contributed by atoms with Crippen LogP contribution in [0.1, 0.15) is 20.8 Å². The largest absolute Gasteiger partial charge is 0.335 e. The van der Waals surface area contributed by atoms with Crippen LogP contribution in [0.5, 0.6) is 0 Å². The van der Waals surface area contributed by atoms with Crippen LogP contribution < -0.4 is 0 Å². The topological polar surface area (TPSA) is 15.6 Å². The fourth-order valence-corrected chi connectivity index (χ4v) is 1.19. The van der Waals surface area contributed by atoms with Crippen LogP contribution in [-0.2, 0) is 0 Å². The summed E-state index contributed by atoms with van der Waals surface area (Å²) in [6.45, 7) is 11.9. The SMILES string of the molecule is C=C(C)/C(C)=C/C=C\N1CCN=C1C. The van der Waals surface area contributed by atoms with Crippen LogP contribution >= 0.6 is 0 Å². The van der Waals surface area contributed by atoms with E-state index in [-0.39, 0.29) is 0 Å². The van der Waals surface area contributed by atoms with Gasteiger partial charge in [0.05, 0.1) is 12.4 Å². The number of hydrogen-bond donors (Lipinski definition) is 0. The minimum absolute atomic E-state index is 0.916. The summed E-state index contributed by atoms with van der Waals surface area (Å²) in [4.78, 5) is 6.46. The van der Waals surface area contributed by atoms with Crippen LogP contribution in [0.25, 0.3) is 0 Å². The molecule has 1 aliphatic rings. The molecule has 0 aromatic rings. The Hall–Kier alpha value is -1.31. The Kier molecular flexibility index (Phi) is 3.69. The summed E-state index contributed by atoms with van der Waals surface area (Å²) >= 11 is 0. The highest BCUT2D eigenvalue weighted by Gasteiger charge is 2.07. The van der Waals surface area contributed by atoms with Crippen LogP contribution in [0, 0.1) is 0 Å². The maximum Gasteiger partial charge on any atom is 0.0998 e. The highest BCUT2D eigenvalue weighted by atomic mass is 15.2. The van der Waals surface area contributed by atoms with Crippen molar-refractivity contribution < 1.29 is 0 Å². The van der Waals surface area contributed by atoms with Gasteiger partial charge < -0.3 is 4.90 Å². The molecule has 0 aromatic carbocycles. The van der Waals surface area contributed by atoms with Crippen molar-refractivity contribution in [1.82, 2.24) is 4.90 Å². The van der Waals surface area contributed by atoms with E-state index >= 15 is 0 Å². The van der Waals surface area contributed by atoms with Crippen molar-refractivity contribution in [3.63, 3.8) is 0 Å². The molecule has 2 nitrogen and oxygen atoms in total. The second-order valence-electron chi connectivity index (χ2n) is 3.59. The number of nitrogens with zero attached hydrogens (tertiary/aromatic N) is 2. The lowest BCUT2D eigenvalue weighted by Gasteiger charge is -2.10. The zero-order chi connectivity index (χ0) is 10.6. The predicted molar refractivity (Wildman–Crippen MR) is 62.4 cm³/mol. The molecule has 1 heterocycles. The first-order valence-corrected chi connectivity index (χ1v) is 4.90. The molecule has 0 saturated heterocycles. The van der Waals surface area contributed by atoms with Crippen LogP contribution in [0.3, 0.4) is 0 Å². The molecule has 0 unspecified atom stereocenters. The lowest BCUT2D eigenvalue weighted by Crippen LogP contribution is -2.18. The Morgan fingerprint density at radius 3 is 2.71 bits per heavy atom. The Bertz CT molecular complexity index is 308. The molecule has 0 N–H and O–H groups in total. The minimum Gasteiger partial charge on any atom is -0.335 e. The van der Waals surface area contributed by atoms with Gasteiger partial charge in [-0.05, 0) is 32.4 Å². The van der Waals surface area contributed by atoms with Gasteiger partial charge >= 0.3 is 0 Å². The zero-order valence-electron chi connectivity index (χ0n) is 9.25. The average Bonchev–Trinajstić information content (AvgIpc) is 2.51. The first kappa shape index (κ1) is 10.8. The molecule has 0 atom stereocenters. The summed E-state index contributed by atoms with van der Waals surface area (Å²) in [6, 6.07) is 0. The fraction of sp³-hybridized carbons (Fsp3) is 0.417. The molecule has 0 aliphatic carbocycles. The Balaban J connectivity index is 2.53. The highest BCUT2D eigenvalue weighted by Crippen LogP contribution is 2.06. The summed E-state index contributed by atoms with van der Waals surface area (Å²) in [5.41, 5.74) is 2.33. The van der Waals surface area contributed by atoms with E-state index < -0.39 is 0 Å². The van der Waals surface area contributed by atoms with Gasteiger partial charge in [0.25, 0.3) is 0 Å². The van der Waals surface area contributed by atoms with Gasteiger partial charge in [0, 0.05) is 12.7 Å². The molecule has 76 valence electrons. The van der Waals surface area contributed by atoms with Crippen LogP contribution in [0.2, 0.25) is 0 Å². The van der Waals surface area contributed by atoms with E-state index in [4.69, 9.17) is 0 Å². The third-order valence-corrected chi connectivity index (χ3v) is 2.38. The monoisotopic (exact) mass is 190 g/mol. The van der Waals surface area contributed by atoms with E-state index in [2.05, 4.69) is 35.7 Å². The maximum absolute atomic E-state index is 4.30. The Morgan fingerprint density at radius 2 is 2.21 bits per heavy atom.